The summed E-state index contributed by atoms with van der Waals surface area (Å²) in [6.07, 6.45) is 0.563. The molecule has 0 aliphatic carbocycles. The molecule has 3 rings (SSSR count). The molecule has 2 amide bonds. The van der Waals surface area contributed by atoms with Crippen LogP contribution in [0.4, 0.5) is 5.69 Å². The highest BCUT2D eigenvalue weighted by molar-refractivity contribution is 7.89. The summed E-state index contributed by atoms with van der Waals surface area (Å²) in [6.45, 7) is 6.97. The van der Waals surface area contributed by atoms with Crippen molar-refractivity contribution in [1.82, 2.24) is 18.8 Å². The molecule has 0 spiro atoms. The van der Waals surface area contributed by atoms with Gasteiger partial charge in [0, 0.05) is 45.2 Å². The van der Waals surface area contributed by atoms with Gasteiger partial charge in [0.1, 0.15) is 5.82 Å². The van der Waals surface area contributed by atoms with Gasteiger partial charge in [-0.3, -0.25) is 9.59 Å². The zero-order valence-electron chi connectivity index (χ0n) is 20.7. The molecule has 0 fully saturated rings. The Morgan fingerprint density at radius 2 is 1.71 bits per heavy atom. The van der Waals surface area contributed by atoms with E-state index in [0.29, 0.717) is 43.1 Å². The lowest BCUT2D eigenvalue weighted by atomic mass is 10.2. The van der Waals surface area contributed by atoms with Crippen LogP contribution in [0.5, 0.6) is 0 Å². The molecule has 9 nitrogen and oxygen atoms in total. The van der Waals surface area contributed by atoms with Crippen LogP contribution in [0.15, 0.2) is 53.4 Å². The number of aryl methyl sites for hydroxylation is 2. The van der Waals surface area contributed by atoms with Crippen LogP contribution in [0.25, 0.3) is 11.0 Å². The van der Waals surface area contributed by atoms with E-state index in [-0.39, 0.29) is 29.7 Å². The van der Waals surface area contributed by atoms with E-state index in [4.69, 9.17) is 0 Å². The number of sulfonamides is 1. The summed E-state index contributed by atoms with van der Waals surface area (Å²) in [5.41, 5.74) is 2.08. The first-order chi connectivity index (χ1) is 16.7. The molecule has 0 saturated heterocycles. The molecule has 0 aliphatic heterocycles. The maximum absolute atomic E-state index is 12.9. The minimum Gasteiger partial charge on any atom is -0.336 e. The normalized spacial score (nSPS) is 11.7. The Hall–Kier alpha value is -3.24. The first-order valence-corrected chi connectivity index (χ1v) is 13.2. The molecule has 10 heteroatoms. The Bertz CT molecular complexity index is 1280. The molecule has 0 bridgehead atoms. The molecule has 188 valence electrons. The van der Waals surface area contributed by atoms with Crippen molar-refractivity contribution in [1.29, 1.82) is 0 Å². The van der Waals surface area contributed by atoms with Crippen molar-refractivity contribution in [2.24, 2.45) is 0 Å². The van der Waals surface area contributed by atoms with Gasteiger partial charge in [-0.25, -0.2) is 13.4 Å². The lowest BCUT2D eigenvalue weighted by molar-refractivity contribution is -0.133. The summed E-state index contributed by atoms with van der Waals surface area (Å²) >= 11 is 0. The van der Waals surface area contributed by atoms with Gasteiger partial charge >= 0.3 is 0 Å². The number of hydrogen-bond acceptors (Lipinski definition) is 5. The van der Waals surface area contributed by atoms with E-state index in [0.717, 1.165) is 5.52 Å². The molecule has 0 radical (unpaired) electrons. The molecule has 2 aromatic carbocycles. The van der Waals surface area contributed by atoms with Gasteiger partial charge in [0.05, 0.1) is 22.5 Å². The monoisotopic (exact) mass is 499 g/mol. The topological polar surface area (TPSA) is 105 Å². The van der Waals surface area contributed by atoms with E-state index in [2.05, 4.69) is 10.3 Å². The third-order valence-corrected chi connectivity index (χ3v) is 7.93. The lowest BCUT2D eigenvalue weighted by Crippen LogP contribution is -2.35. The zero-order chi connectivity index (χ0) is 25.6. The van der Waals surface area contributed by atoms with E-state index >= 15 is 0 Å². The third-order valence-electron chi connectivity index (χ3n) is 5.88. The fourth-order valence-electron chi connectivity index (χ4n) is 4.01. The van der Waals surface area contributed by atoms with Crippen molar-refractivity contribution >= 4 is 38.6 Å². The Morgan fingerprint density at radius 1 is 1.03 bits per heavy atom. The lowest BCUT2D eigenvalue weighted by Gasteiger charge is -2.18. The number of amides is 2. The van der Waals surface area contributed by atoms with Crippen LogP contribution >= 0.6 is 0 Å². The number of carbonyl (C=O) groups is 2. The summed E-state index contributed by atoms with van der Waals surface area (Å²) in [6, 6.07) is 14.1. The number of carbonyl (C=O) groups excluding carboxylic acids is 2. The third kappa shape index (κ3) is 6.07. The molecule has 0 atom stereocenters. The Kier molecular flexibility index (Phi) is 8.63. The molecule has 1 heterocycles. The Balaban J connectivity index is 1.70. The number of nitrogens with one attached hydrogen (secondary N) is 1. The van der Waals surface area contributed by atoms with Gasteiger partial charge in [-0.05, 0) is 37.3 Å². The van der Waals surface area contributed by atoms with Gasteiger partial charge in [-0.1, -0.05) is 32.0 Å². The molecule has 0 aliphatic rings. The zero-order valence-corrected chi connectivity index (χ0v) is 21.5. The second-order valence-corrected chi connectivity index (χ2v) is 10.1. The molecular formula is C25H33N5O4S. The summed E-state index contributed by atoms with van der Waals surface area (Å²) in [7, 11) is -1.99. The van der Waals surface area contributed by atoms with Crippen LogP contribution in [0, 0.1) is 0 Å². The van der Waals surface area contributed by atoms with E-state index in [1.807, 2.05) is 43.5 Å². The van der Waals surface area contributed by atoms with Gasteiger partial charge < -0.3 is 14.8 Å². The maximum Gasteiger partial charge on any atom is 0.243 e. The number of imidazole rings is 1. The summed E-state index contributed by atoms with van der Waals surface area (Å²) < 4.78 is 29.2. The van der Waals surface area contributed by atoms with Crippen LogP contribution in [-0.2, 0) is 32.6 Å². The number of fused-ring (bicyclic) bond motifs is 1. The number of hydrogen-bond donors (Lipinski definition) is 1. The van der Waals surface area contributed by atoms with Crippen molar-refractivity contribution in [3.63, 3.8) is 0 Å². The standard InChI is InChI=1S/C25H33N5O4S/c1-5-29(6-2)35(33,34)20-13-14-22-21(17-20)27-23(30(22)7-3)15-16-25(32)28(4)18-24(31)26-19-11-9-8-10-12-19/h8-14,17H,5-7,15-16,18H2,1-4H3,(H,26,31). The van der Waals surface area contributed by atoms with E-state index in [1.165, 1.54) is 9.21 Å². The summed E-state index contributed by atoms with van der Waals surface area (Å²) in [5.74, 6) is 0.262. The van der Waals surface area contributed by atoms with Crippen LogP contribution < -0.4 is 5.32 Å². The molecule has 35 heavy (non-hydrogen) atoms. The van der Waals surface area contributed by atoms with Gasteiger partial charge in [-0.2, -0.15) is 4.31 Å². The van der Waals surface area contributed by atoms with Crippen molar-refractivity contribution < 1.29 is 18.0 Å². The van der Waals surface area contributed by atoms with Gasteiger partial charge in [0.2, 0.25) is 21.8 Å². The quantitative estimate of drug-likeness (QED) is 0.437. The van der Waals surface area contributed by atoms with Crippen LogP contribution in [-0.4, -0.2) is 65.7 Å². The minimum atomic E-state index is -3.59. The highest BCUT2D eigenvalue weighted by Gasteiger charge is 2.23. The summed E-state index contributed by atoms with van der Waals surface area (Å²) in [5, 5.41) is 2.77. The van der Waals surface area contributed by atoms with Crippen LogP contribution in [0.3, 0.4) is 0 Å². The number of aromatic nitrogens is 2. The molecule has 1 aromatic heterocycles. The number of para-hydroxylation sites is 1. The smallest absolute Gasteiger partial charge is 0.243 e. The average molecular weight is 500 g/mol. The fraction of sp³-hybridized carbons (Fsp3) is 0.400. The summed E-state index contributed by atoms with van der Waals surface area (Å²) in [4.78, 5) is 31.2. The number of rotatable bonds is 11. The molecule has 0 saturated carbocycles. The fourth-order valence-corrected chi connectivity index (χ4v) is 5.49. The van der Waals surface area contributed by atoms with Crippen molar-refractivity contribution in [2.45, 2.75) is 45.1 Å². The van der Waals surface area contributed by atoms with E-state index in [9.17, 15) is 18.0 Å². The van der Waals surface area contributed by atoms with Crippen LogP contribution in [0.2, 0.25) is 0 Å². The molecular weight excluding hydrogens is 466 g/mol. The SMILES string of the molecule is CCN(CC)S(=O)(=O)c1ccc2c(c1)nc(CCC(=O)N(C)CC(=O)Nc1ccccc1)n2CC. The number of nitrogens with zero attached hydrogens (tertiary/aromatic N) is 4. The predicted molar refractivity (Wildman–Crippen MR) is 137 cm³/mol. The van der Waals surface area contributed by atoms with Crippen molar-refractivity contribution in [2.75, 3.05) is 32.0 Å². The predicted octanol–water partition coefficient (Wildman–Crippen LogP) is 3.12. The number of likely N-dealkylation sites (N-methyl/N-ethyl adjacent to an activating group) is 1. The second-order valence-electron chi connectivity index (χ2n) is 8.18. The number of anilines is 1. The molecule has 3 aromatic rings. The van der Waals surface area contributed by atoms with Gasteiger partial charge in [0.15, 0.2) is 0 Å². The molecule has 0 unspecified atom stereocenters. The van der Waals surface area contributed by atoms with Crippen LogP contribution in [0.1, 0.15) is 33.0 Å². The van der Waals surface area contributed by atoms with Crippen molar-refractivity contribution in [3.05, 3.63) is 54.4 Å². The Labute approximate surface area is 206 Å². The minimum absolute atomic E-state index is 0.0511. The largest absolute Gasteiger partial charge is 0.336 e. The molecule has 1 N–H and O–H groups in total. The second kappa shape index (κ2) is 11.5. The average Bonchev–Trinajstić information content (AvgIpc) is 3.20. The Morgan fingerprint density at radius 3 is 2.34 bits per heavy atom. The van der Waals surface area contributed by atoms with E-state index < -0.39 is 10.0 Å². The van der Waals surface area contributed by atoms with E-state index in [1.54, 1.807) is 37.4 Å². The first-order valence-electron chi connectivity index (χ1n) is 11.8. The first kappa shape index (κ1) is 26.4. The highest BCUT2D eigenvalue weighted by atomic mass is 32.2. The maximum atomic E-state index is 12.9. The number of benzene rings is 2. The van der Waals surface area contributed by atoms with Gasteiger partial charge in [-0.15, -0.1) is 0 Å². The van der Waals surface area contributed by atoms with Crippen molar-refractivity contribution in [3.8, 4) is 0 Å². The van der Waals surface area contributed by atoms with Gasteiger partial charge in [0.25, 0.3) is 0 Å². The highest BCUT2D eigenvalue weighted by Crippen LogP contribution is 2.23.